The maximum atomic E-state index is 12.1. The lowest BCUT2D eigenvalue weighted by Gasteiger charge is -2.05. The maximum absolute atomic E-state index is 12.1. The van der Waals surface area contributed by atoms with E-state index < -0.39 is 0 Å². The summed E-state index contributed by atoms with van der Waals surface area (Å²) in [5.41, 5.74) is 3.52. The molecule has 2 aromatic rings. The van der Waals surface area contributed by atoms with Crippen molar-refractivity contribution in [3.8, 4) is 11.3 Å². The predicted molar refractivity (Wildman–Crippen MR) is 76.0 cm³/mol. The normalized spacial score (nSPS) is 10.4. The molecule has 0 bridgehead atoms. The van der Waals surface area contributed by atoms with Gasteiger partial charge in [-0.2, -0.15) is 5.10 Å². The lowest BCUT2D eigenvalue weighted by atomic mass is 10.1. The Morgan fingerprint density at radius 2 is 2.26 bits per heavy atom. The summed E-state index contributed by atoms with van der Waals surface area (Å²) in [5.74, 6) is -0.0706. The topological polar surface area (TPSA) is 57.8 Å². The molecule has 1 amide bonds. The van der Waals surface area contributed by atoms with Crippen LogP contribution < -0.4 is 5.32 Å². The highest BCUT2D eigenvalue weighted by Crippen LogP contribution is 2.21. The number of aryl methyl sites for hydroxylation is 1. The lowest BCUT2D eigenvalue weighted by Crippen LogP contribution is -2.24. The number of H-pyrrole nitrogens is 1. The van der Waals surface area contributed by atoms with E-state index in [4.69, 9.17) is 0 Å². The second kappa shape index (κ2) is 6.18. The Bertz CT molecular complexity index is 560. The van der Waals surface area contributed by atoms with E-state index in [2.05, 4.69) is 22.4 Å². The van der Waals surface area contributed by atoms with E-state index in [9.17, 15) is 4.79 Å². The van der Waals surface area contributed by atoms with Gasteiger partial charge in [0.1, 0.15) is 0 Å². The Balaban J connectivity index is 2.20. The third-order valence-corrected chi connectivity index (χ3v) is 3.01. The first-order chi connectivity index (χ1) is 9.22. The van der Waals surface area contributed by atoms with Crippen molar-refractivity contribution in [2.45, 2.75) is 26.7 Å². The molecule has 19 heavy (non-hydrogen) atoms. The van der Waals surface area contributed by atoms with Crippen LogP contribution in [-0.4, -0.2) is 22.6 Å². The smallest absolute Gasteiger partial charge is 0.255 e. The van der Waals surface area contributed by atoms with Gasteiger partial charge in [-0.3, -0.25) is 9.89 Å². The molecule has 4 nitrogen and oxygen atoms in total. The SMILES string of the molecule is CCCCNC(=O)c1cn[nH]c1-c1cccc(C)c1. The predicted octanol–water partition coefficient (Wildman–Crippen LogP) is 2.92. The van der Waals surface area contributed by atoms with E-state index in [1.54, 1.807) is 6.20 Å². The Hall–Kier alpha value is -2.10. The van der Waals surface area contributed by atoms with Gasteiger partial charge in [0.25, 0.3) is 5.91 Å². The number of benzene rings is 1. The number of hydrogen-bond acceptors (Lipinski definition) is 2. The Morgan fingerprint density at radius 3 is 3.00 bits per heavy atom. The highest BCUT2D eigenvalue weighted by molar-refractivity contribution is 5.99. The van der Waals surface area contributed by atoms with Crippen molar-refractivity contribution < 1.29 is 4.79 Å². The van der Waals surface area contributed by atoms with Crippen LogP contribution in [0, 0.1) is 6.92 Å². The second-order valence-electron chi connectivity index (χ2n) is 4.64. The van der Waals surface area contributed by atoms with E-state index >= 15 is 0 Å². The number of nitrogens with zero attached hydrogens (tertiary/aromatic N) is 1. The van der Waals surface area contributed by atoms with Gasteiger partial charge in [0.15, 0.2) is 0 Å². The third-order valence-electron chi connectivity index (χ3n) is 3.01. The molecule has 0 saturated heterocycles. The fraction of sp³-hybridized carbons (Fsp3) is 0.333. The Labute approximate surface area is 113 Å². The van der Waals surface area contributed by atoms with Crippen molar-refractivity contribution in [3.63, 3.8) is 0 Å². The first kappa shape index (κ1) is 13.3. The van der Waals surface area contributed by atoms with Crippen LogP contribution in [-0.2, 0) is 0 Å². The molecule has 1 aromatic heterocycles. The van der Waals surface area contributed by atoms with Gasteiger partial charge in [-0.1, -0.05) is 37.1 Å². The van der Waals surface area contributed by atoms with Crippen LogP contribution in [0.3, 0.4) is 0 Å². The zero-order valence-electron chi connectivity index (χ0n) is 11.4. The minimum absolute atomic E-state index is 0.0706. The van der Waals surface area contributed by atoms with Crippen LogP contribution in [0.1, 0.15) is 35.7 Å². The number of carbonyl (C=O) groups excluding carboxylic acids is 1. The molecule has 1 aromatic carbocycles. The second-order valence-corrected chi connectivity index (χ2v) is 4.64. The van der Waals surface area contributed by atoms with Gasteiger partial charge in [0.2, 0.25) is 0 Å². The van der Waals surface area contributed by atoms with Gasteiger partial charge >= 0.3 is 0 Å². The van der Waals surface area contributed by atoms with Crippen molar-refractivity contribution in [2.24, 2.45) is 0 Å². The van der Waals surface area contributed by atoms with Gasteiger partial charge in [-0.05, 0) is 19.4 Å². The lowest BCUT2D eigenvalue weighted by molar-refractivity contribution is 0.0954. The third kappa shape index (κ3) is 3.22. The van der Waals surface area contributed by atoms with Crippen molar-refractivity contribution >= 4 is 5.91 Å². The van der Waals surface area contributed by atoms with Crippen molar-refractivity contribution in [1.29, 1.82) is 0 Å². The summed E-state index contributed by atoms with van der Waals surface area (Å²) in [6.07, 6.45) is 3.64. The molecule has 2 N–H and O–H groups in total. The molecule has 0 unspecified atom stereocenters. The summed E-state index contributed by atoms with van der Waals surface area (Å²) in [4.78, 5) is 12.1. The zero-order chi connectivity index (χ0) is 13.7. The minimum Gasteiger partial charge on any atom is -0.352 e. The molecule has 0 aliphatic rings. The average molecular weight is 257 g/mol. The highest BCUT2D eigenvalue weighted by atomic mass is 16.1. The number of hydrogen-bond donors (Lipinski definition) is 2. The van der Waals surface area contributed by atoms with Crippen LogP contribution in [0.2, 0.25) is 0 Å². The zero-order valence-corrected chi connectivity index (χ0v) is 11.4. The Morgan fingerprint density at radius 1 is 1.42 bits per heavy atom. The van der Waals surface area contributed by atoms with Crippen LogP contribution in [0.4, 0.5) is 0 Å². The van der Waals surface area contributed by atoms with Crippen molar-refractivity contribution in [2.75, 3.05) is 6.54 Å². The summed E-state index contributed by atoms with van der Waals surface area (Å²) in [6.45, 7) is 4.83. The average Bonchev–Trinajstić information content (AvgIpc) is 2.88. The number of rotatable bonds is 5. The number of carbonyl (C=O) groups is 1. The molecule has 0 saturated carbocycles. The molecule has 0 radical (unpaired) electrons. The van der Waals surface area contributed by atoms with E-state index in [1.807, 2.05) is 31.2 Å². The minimum atomic E-state index is -0.0706. The van der Waals surface area contributed by atoms with Crippen LogP contribution in [0.25, 0.3) is 11.3 Å². The van der Waals surface area contributed by atoms with E-state index in [0.29, 0.717) is 12.1 Å². The number of aromatic amines is 1. The fourth-order valence-corrected chi connectivity index (χ4v) is 1.95. The number of nitrogens with one attached hydrogen (secondary N) is 2. The van der Waals surface area contributed by atoms with Crippen LogP contribution in [0.5, 0.6) is 0 Å². The summed E-state index contributed by atoms with van der Waals surface area (Å²) in [6, 6.07) is 8.02. The molecule has 0 aliphatic heterocycles. The van der Waals surface area contributed by atoms with E-state index in [0.717, 1.165) is 29.7 Å². The fourth-order valence-electron chi connectivity index (χ4n) is 1.95. The van der Waals surface area contributed by atoms with Crippen LogP contribution in [0.15, 0.2) is 30.5 Å². The molecule has 0 spiro atoms. The molecular weight excluding hydrogens is 238 g/mol. The number of aromatic nitrogens is 2. The molecule has 100 valence electrons. The molecule has 0 atom stereocenters. The maximum Gasteiger partial charge on any atom is 0.255 e. The molecular formula is C15H19N3O. The Kier molecular flexibility index (Phi) is 4.34. The van der Waals surface area contributed by atoms with Crippen LogP contribution >= 0.6 is 0 Å². The van der Waals surface area contributed by atoms with Gasteiger partial charge < -0.3 is 5.32 Å². The van der Waals surface area contributed by atoms with Gasteiger partial charge in [-0.25, -0.2) is 0 Å². The highest BCUT2D eigenvalue weighted by Gasteiger charge is 2.14. The van der Waals surface area contributed by atoms with Gasteiger partial charge in [-0.15, -0.1) is 0 Å². The summed E-state index contributed by atoms with van der Waals surface area (Å²) in [5, 5.41) is 9.81. The molecule has 2 rings (SSSR count). The van der Waals surface area contributed by atoms with Gasteiger partial charge in [0, 0.05) is 12.1 Å². The largest absolute Gasteiger partial charge is 0.352 e. The monoisotopic (exact) mass is 257 g/mol. The molecule has 0 fully saturated rings. The quantitative estimate of drug-likeness (QED) is 0.809. The van der Waals surface area contributed by atoms with Crippen molar-refractivity contribution in [3.05, 3.63) is 41.6 Å². The molecule has 4 heteroatoms. The summed E-state index contributed by atoms with van der Waals surface area (Å²) in [7, 11) is 0. The summed E-state index contributed by atoms with van der Waals surface area (Å²) >= 11 is 0. The summed E-state index contributed by atoms with van der Waals surface area (Å²) < 4.78 is 0. The van der Waals surface area contributed by atoms with Gasteiger partial charge in [0.05, 0.1) is 17.5 Å². The molecule has 1 heterocycles. The first-order valence-corrected chi connectivity index (χ1v) is 6.61. The molecule has 0 aliphatic carbocycles. The number of unbranched alkanes of at least 4 members (excludes halogenated alkanes) is 1. The van der Waals surface area contributed by atoms with E-state index in [1.165, 1.54) is 0 Å². The van der Waals surface area contributed by atoms with Crippen molar-refractivity contribution in [1.82, 2.24) is 15.5 Å². The van der Waals surface area contributed by atoms with E-state index in [-0.39, 0.29) is 5.91 Å². The number of amides is 1. The first-order valence-electron chi connectivity index (χ1n) is 6.61. The standard InChI is InChI=1S/C15H19N3O/c1-3-4-8-16-15(19)13-10-17-18-14(13)12-7-5-6-11(2)9-12/h5-7,9-10H,3-4,8H2,1-2H3,(H,16,19)(H,17,18).